The number of halogens is 1. The summed E-state index contributed by atoms with van der Waals surface area (Å²) in [6.45, 7) is 0.459. The van der Waals surface area contributed by atoms with Crippen LogP contribution in [-0.2, 0) is 6.54 Å². The second-order valence-corrected chi connectivity index (χ2v) is 3.96. The van der Waals surface area contributed by atoms with Gasteiger partial charge in [0.2, 0.25) is 0 Å². The van der Waals surface area contributed by atoms with Gasteiger partial charge in [-0.25, -0.2) is 9.37 Å². The van der Waals surface area contributed by atoms with Gasteiger partial charge in [0.05, 0.1) is 30.7 Å². The quantitative estimate of drug-likeness (QED) is 0.722. The van der Waals surface area contributed by atoms with Crippen LogP contribution in [0.4, 0.5) is 4.39 Å². The lowest BCUT2D eigenvalue weighted by atomic mass is 10.1. The molecule has 1 amide bonds. The highest BCUT2D eigenvalue weighted by Gasteiger charge is 2.11. The second-order valence-electron chi connectivity index (χ2n) is 3.96. The molecule has 102 valence electrons. The number of carbonyl (C=O) groups excluding carboxylic acids is 1. The Morgan fingerprint density at radius 2 is 2.35 bits per heavy atom. The van der Waals surface area contributed by atoms with Crippen LogP contribution in [0.15, 0.2) is 30.7 Å². The molecule has 0 saturated heterocycles. The van der Waals surface area contributed by atoms with Crippen LogP contribution in [0.5, 0.6) is 0 Å². The Labute approximate surface area is 115 Å². The van der Waals surface area contributed by atoms with Crippen molar-refractivity contribution in [2.75, 3.05) is 6.54 Å². The van der Waals surface area contributed by atoms with Crippen molar-refractivity contribution in [3.8, 4) is 11.8 Å². The first kappa shape index (κ1) is 13.8. The molecule has 4 N–H and O–H groups in total. The van der Waals surface area contributed by atoms with Crippen molar-refractivity contribution < 1.29 is 9.18 Å². The van der Waals surface area contributed by atoms with Gasteiger partial charge in [-0.1, -0.05) is 11.8 Å². The Hall–Kier alpha value is -2.65. The van der Waals surface area contributed by atoms with E-state index in [1.54, 1.807) is 12.3 Å². The number of hydrogen-bond acceptors (Lipinski definition) is 3. The molecule has 5 nitrogen and oxygen atoms in total. The number of hydrogen-bond donors (Lipinski definition) is 3. The van der Waals surface area contributed by atoms with Gasteiger partial charge in [0.25, 0.3) is 5.91 Å². The van der Waals surface area contributed by atoms with Crippen LogP contribution >= 0.6 is 0 Å². The molecule has 2 rings (SSSR count). The number of rotatable bonds is 3. The number of nitrogens with two attached hydrogens (primary N) is 1. The van der Waals surface area contributed by atoms with Crippen molar-refractivity contribution in [3.63, 3.8) is 0 Å². The second kappa shape index (κ2) is 6.50. The molecule has 0 saturated carbocycles. The van der Waals surface area contributed by atoms with Crippen molar-refractivity contribution in [2.24, 2.45) is 5.73 Å². The van der Waals surface area contributed by atoms with Gasteiger partial charge in [0, 0.05) is 11.8 Å². The van der Waals surface area contributed by atoms with E-state index in [2.05, 4.69) is 27.1 Å². The molecule has 2 aromatic rings. The summed E-state index contributed by atoms with van der Waals surface area (Å²) in [4.78, 5) is 18.5. The molecule has 0 unspecified atom stereocenters. The van der Waals surface area contributed by atoms with Crippen molar-refractivity contribution in [2.45, 2.75) is 6.54 Å². The van der Waals surface area contributed by atoms with E-state index in [9.17, 15) is 9.18 Å². The van der Waals surface area contributed by atoms with Gasteiger partial charge in [-0.3, -0.25) is 4.79 Å². The monoisotopic (exact) mass is 272 g/mol. The van der Waals surface area contributed by atoms with E-state index in [1.807, 2.05) is 0 Å². The summed E-state index contributed by atoms with van der Waals surface area (Å²) in [7, 11) is 0. The number of carbonyl (C=O) groups is 1. The average molecular weight is 272 g/mol. The van der Waals surface area contributed by atoms with Gasteiger partial charge in [-0.15, -0.1) is 0 Å². The van der Waals surface area contributed by atoms with Crippen LogP contribution < -0.4 is 11.1 Å². The minimum atomic E-state index is -0.615. The van der Waals surface area contributed by atoms with E-state index in [1.165, 1.54) is 18.5 Å². The number of nitrogens with one attached hydrogen (secondary N) is 2. The first-order valence-electron chi connectivity index (χ1n) is 5.94. The Bertz CT molecular complexity index is 656. The number of H-pyrrole nitrogens is 1. The van der Waals surface area contributed by atoms with Crippen LogP contribution in [0.25, 0.3) is 0 Å². The van der Waals surface area contributed by atoms with Crippen molar-refractivity contribution in [1.29, 1.82) is 0 Å². The maximum Gasteiger partial charge on any atom is 0.254 e. The summed E-state index contributed by atoms with van der Waals surface area (Å²) < 4.78 is 13.8. The smallest absolute Gasteiger partial charge is 0.254 e. The predicted octanol–water partition coefficient (Wildman–Crippen LogP) is 0.789. The van der Waals surface area contributed by atoms with Gasteiger partial charge < -0.3 is 16.0 Å². The zero-order valence-corrected chi connectivity index (χ0v) is 10.6. The first-order valence-corrected chi connectivity index (χ1v) is 5.94. The highest BCUT2D eigenvalue weighted by atomic mass is 19.1. The first-order chi connectivity index (χ1) is 9.70. The Balaban J connectivity index is 2.06. The molecule has 0 bridgehead atoms. The molecule has 0 aliphatic rings. The normalized spacial score (nSPS) is 9.70. The molecule has 1 aromatic carbocycles. The molecule has 1 aromatic heterocycles. The Kier molecular flexibility index (Phi) is 4.47. The standard InChI is InChI=1S/C14H13FN4O/c15-13-6-10(2-1-5-16)3-4-12(13)14(20)18-8-11-7-17-9-19-11/h3-4,6-7,9H,5,8,16H2,(H,17,19)(H,18,20). The molecular formula is C14H13FN4O. The van der Waals surface area contributed by atoms with Crippen LogP contribution in [0.3, 0.4) is 0 Å². The molecule has 20 heavy (non-hydrogen) atoms. The van der Waals surface area contributed by atoms with E-state index >= 15 is 0 Å². The summed E-state index contributed by atoms with van der Waals surface area (Å²) >= 11 is 0. The van der Waals surface area contributed by atoms with E-state index in [4.69, 9.17) is 5.73 Å². The highest BCUT2D eigenvalue weighted by Crippen LogP contribution is 2.10. The SMILES string of the molecule is NCC#Cc1ccc(C(=O)NCc2cnc[nH]2)c(F)c1. The van der Waals surface area contributed by atoms with Gasteiger partial charge in [0.1, 0.15) is 5.82 Å². The number of nitrogens with zero attached hydrogens (tertiary/aromatic N) is 1. The van der Waals surface area contributed by atoms with Crippen LogP contribution in [-0.4, -0.2) is 22.4 Å². The molecule has 6 heteroatoms. The molecular weight excluding hydrogens is 259 g/mol. The Morgan fingerprint density at radius 3 is 3.00 bits per heavy atom. The fraction of sp³-hybridized carbons (Fsp3) is 0.143. The van der Waals surface area contributed by atoms with Crippen molar-refractivity contribution in [3.05, 3.63) is 53.4 Å². The fourth-order valence-electron chi connectivity index (χ4n) is 1.58. The number of benzene rings is 1. The number of imidazole rings is 1. The van der Waals surface area contributed by atoms with Gasteiger partial charge in [0.15, 0.2) is 0 Å². The zero-order valence-electron chi connectivity index (χ0n) is 10.6. The van der Waals surface area contributed by atoms with Crippen LogP contribution in [0.1, 0.15) is 21.6 Å². The van der Waals surface area contributed by atoms with E-state index in [0.717, 1.165) is 5.69 Å². The molecule has 0 aliphatic heterocycles. The summed E-state index contributed by atoms with van der Waals surface area (Å²) in [6.07, 6.45) is 3.09. The van der Waals surface area contributed by atoms with E-state index in [0.29, 0.717) is 5.56 Å². The number of aromatic amines is 1. The summed E-state index contributed by atoms with van der Waals surface area (Å²) in [5.74, 6) is 4.22. The van der Waals surface area contributed by atoms with E-state index < -0.39 is 11.7 Å². The minimum Gasteiger partial charge on any atom is -0.347 e. The average Bonchev–Trinajstić information content (AvgIpc) is 2.96. The maximum atomic E-state index is 13.8. The molecule has 0 fully saturated rings. The van der Waals surface area contributed by atoms with Crippen LogP contribution in [0.2, 0.25) is 0 Å². The maximum absolute atomic E-state index is 13.8. The van der Waals surface area contributed by atoms with Crippen molar-refractivity contribution in [1.82, 2.24) is 15.3 Å². The van der Waals surface area contributed by atoms with Gasteiger partial charge in [-0.05, 0) is 18.2 Å². The lowest BCUT2D eigenvalue weighted by Gasteiger charge is -2.05. The molecule has 1 heterocycles. The lowest BCUT2D eigenvalue weighted by molar-refractivity contribution is 0.0946. The minimum absolute atomic E-state index is 0.0252. The number of aromatic nitrogens is 2. The molecule has 0 radical (unpaired) electrons. The molecule has 0 spiro atoms. The van der Waals surface area contributed by atoms with Crippen molar-refractivity contribution >= 4 is 5.91 Å². The fourth-order valence-corrected chi connectivity index (χ4v) is 1.58. The largest absolute Gasteiger partial charge is 0.347 e. The van der Waals surface area contributed by atoms with Gasteiger partial charge >= 0.3 is 0 Å². The predicted molar refractivity (Wildman–Crippen MR) is 72.1 cm³/mol. The zero-order chi connectivity index (χ0) is 14.4. The summed E-state index contributed by atoms with van der Waals surface area (Å²) in [5.41, 5.74) is 6.44. The van der Waals surface area contributed by atoms with E-state index in [-0.39, 0.29) is 18.7 Å². The Morgan fingerprint density at radius 1 is 1.50 bits per heavy atom. The topological polar surface area (TPSA) is 83.8 Å². The lowest BCUT2D eigenvalue weighted by Crippen LogP contribution is -2.24. The van der Waals surface area contributed by atoms with Gasteiger partial charge in [-0.2, -0.15) is 0 Å². The number of amides is 1. The van der Waals surface area contributed by atoms with Crippen LogP contribution in [0, 0.1) is 17.7 Å². The third-order valence-corrected chi connectivity index (χ3v) is 2.54. The third-order valence-electron chi connectivity index (χ3n) is 2.54. The summed E-state index contributed by atoms with van der Waals surface area (Å²) in [5, 5.41) is 2.60. The summed E-state index contributed by atoms with van der Waals surface area (Å²) in [6, 6.07) is 4.20. The molecule has 0 atom stereocenters. The molecule has 0 aliphatic carbocycles. The highest BCUT2D eigenvalue weighted by molar-refractivity contribution is 5.94. The third kappa shape index (κ3) is 3.43.